The van der Waals surface area contributed by atoms with Crippen LogP contribution >= 0.6 is 0 Å². The lowest BCUT2D eigenvalue weighted by molar-refractivity contribution is -0.143. The maximum atomic E-state index is 12.5. The van der Waals surface area contributed by atoms with Crippen molar-refractivity contribution in [1.29, 1.82) is 0 Å². The van der Waals surface area contributed by atoms with Crippen LogP contribution in [0.2, 0.25) is 0 Å². The van der Waals surface area contributed by atoms with Gasteiger partial charge in [0.15, 0.2) is 0 Å². The molecule has 0 rings (SSSR count). The van der Waals surface area contributed by atoms with Crippen LogP contribution in [0.15, 0.2) is 36.5 Å². The van der Waals surface area contributed by atoms with Crippen LogP contribution in [0.1, 0.15) is 386 Å². The summed E-state index contributed by atoms with van der Waals surface area (Å²) in [6.45, 7) is 4.95. The Hall–Kier alpha value is -1.92. The van der Waals surface area contributed by atoms with Gasteiger partial charge in [-0.1, -0.05) is 326 Å². The van der Waals surface area contributed by atoms with E-state index in [0.29, 0.717) is 25.9 Å². The molecule has 0 aromatic heterocycles. The normalized spacial score (nSPS) is 12.7. The fraction of sp³-hybridized carbons (Fsp3) is 0.889. The number of esters is 1. The molecule has 0 saturated carbocycles. The first-order valence-electron chi connectivity index (χ1n) is 35.2. The maximum absolute atomic E-state index is 12.5. The summed E-state index contributed by atoms with van der Waals surface area (Å²) < 4.78 is 5.49. The van der Waals surface area contributed by atoms with E-state index in [1.54, 1.807) is 0 Å². The van der Waals surface area contributed by atoms with Crippen molar-refractivity contribution in [3.8, 4) is 0 Å². The molecule has 0 aliphatic carbocycles. The third-order valence-electron chi connectivity index (χ3n) is 16.4. The standard InChI is InChI=1S/C72H137NO5/c1-3-5-7-9-11-13-15-17-37-42-46-50-54-58-62-66-72(77)78-67-63-59-55-51-47-43-39-36-34-32-30-28-26-24-22-20-19-21-23-25-27-29-31-33-35-38-41-45-49-53-57-61-65-71(76)73-69(68-74)70(75)64-60-56-52-48-44-40-18-16-14-12-10-8-6-4-2/h11,13,17,22,24,37,69-70,74-75H,3-10,12,14-16,18-21,23,25-36,38-68H2,1-2H3,(H,73,76)/b13-11-,24-22-,37-17-. The van der Waals surface area contributed by atoms with Crippen molar-refractivity contribution in [3.63, 3.8) is 0 Å². The summed E-state index contributed by atoms with van der Waals surface area (Å²) in [6, 6.07) is -0.539. The van der Waals surface area contributed by atoms with E-state index in [1.807, 2.05) is 0 Å². The molecule has 0 fully saturated rings. The Labute approximate surface area is 487 Å². The molecule has 0 aliphatic rings. The van der Waals surface area contributed by atoms with Crippen molar-refractivity contribution in [1.82, 2.24) is 5.32 Å². The molecule has 0 radical (unpaired) electrons. The van der Waals surface area contributed by atoms with Crippen LogP contribution < -0.4 is 5.32 Å². The van der Waals surface area contributed by atoms with Gasteiger partial charge in [-0.15, -0.1) is 0 Å². The minimum atomic E-state index is -0.662. The molecule has 1 amide bonds. The predicted octanol–water partition coefficient (Wildman–Crippen LogP) is 22.7. The first-order valence-corrected chi connectivity index (χ1v) is 35.2. The van der Waals surface area contributed by atoms with Crippen LogP contribution in [-0.2, 0) is 14.3 Å². The Morgan fingerprint density at radius 1 is 0.359 bits per heavy atom. The summed E-state index contributed by atoms with van der Waals surface area (Å²) in [5.74, 6) is -0.0258. The topological polar surface area (TPSA) is 95.9 Å². The van der Waals surface area contributed by atoms with E-state index in [1.165, 1.54) is 302 Å². The van der Waals surface area contributed by atoms with Crippen molar-refractivity contribution in [3.05, 3.63) is 36.5 Å². The number of amides is 1. The molecule has 2 atom stereocenters. The van der Waals surface area contributed by atoms with Gasteiger partial charge in [-0.25, -0.2) is 0 Å². The molecule has 6 nitrogen and oxygen atoms in total. The van der Waals surface area contributed by atoms with Crippen LogP contribution in [0.3, 0.4) is 0 Å². The second kappa shape index (κ2) is 67.6. The van der Waals surface area contributed by atoms with Crippen LogP contribution in [-0.4, -0.2) is 47.4 Å². The Morgan fingerprint density at radius 2 is 0.641 bits per heavy atom. The smallest absolute Gasteiger partial charge is 0.305 e. The number of hydrogen-bond acceptors (Lipinski definition) is 5. The van der Waals surface area contributed by atoms with Gasteiger partial charge >= 0.3 is 5.97 Å². The summed E-state index contributed by atoms with van der Waals surface area (Å²) in [5.41, 5.74) is 0. The summed E-state index contributed by atoms with van der Waals surface area (Å²) >= 11 is 0. The van der Waals surface area contributed by atoms with Gasteiger partial charge < -0.3 is 20.3 Å². The van der Waals surface area contributed by atoms with Gasteiger partial charge in [-0.05, 0) is 83.5 Å². The maximum Gasteiger partial charge on any atom is 0.305 e. The molecule has 0 spiro atoms. The highest BCUT2D eigenvalue weighted by Gasteiger charge is 2.20. The zero-order valence-electron chi connectivity index (χ0n) is 52.7. The van der Waals surface area contributed by atoms with E-state index in [9.17, 15) is 19.8 Å². The minimum absolute atomic E-state index is 0.00443. The fourth-order valence-electron chi connectivity index (χ4n) is 11.0. The number of carbonyl (C=O) groups is 2. The molecule has 2 unspecified atom stereocenters. The molecule has 0 aromatic rings. The second-order valence-electron chi connectivity index (χ2n) is 24.2. The zero-order valence-corrected chi connectivity index (χ0v) is 52.7. The van der Waals surface area contributed by atoms with Gasteiger partial charge in [0.1, 0.15) is 0 Å². The summed E-state index contributed by atoms with van der Waals surface area (Å²) in [6.07, 6.45) is 86.3. The van der Waals surface area contributed by atoms with Gasteiger partial charge in [0, 0.05) is 12.8 Å². The SMILES string of the molecule is CCCCC/C=C\C/C=C\CCCCCCCC(=O)OCCCCCCCCCCCCCC/C=C\CCCCCCCCCCCCCCCCCCC(=O)NC(CO)C(O)CCCCCCCCCCCCCCCC. The number of hydrogen-bond donors (Lipinski definition) is 3. The lowest BCUT2D eigenvalue weighted by Crippen LogP contribution is -2.45. The van der Waals surface area contributed by atoms with Gasteiger partial charge in [-0.2, -0.15) is 0 Å². The number of rotatable bonds is 66. The number of aliphatic hydroxyl groups is 2. The Bertz CT molecular complexity index is 1260. The molecular formula is C72H137NO5. The first kappa shape index (κ1) is 76.1. The Morgan fingerprint density at radius 3 is 1.01 bits per heavy atom. The van der Waals surface area contributed by atoms with Crippen LogP contribution in [0, 0.1) is 0 Å². The van der Waals surface area contributed by atoms with Crippen LogP contribution in [0.5, 0.6) is 0 Å². The van der Waals surface area contributed by atoms with E-state index in [2.05, 4.69) is 55.6 Å². The summed E-state index contributed by atoms with van der Waals surface area (Å²) in [4.78, 5) is 24.6. The molecule has 3 N–H and O–H groups in total. The lowest BCUT2D eigenvalue weighted by Gasteiger charge is -2.22. The number of allylic oxidation sites excluding steroid dienone is 6. The fourth-order valence-corrected chi connectivity index (χ4v) is 11.0. The largest absolute Gasteiger partial charge is 0.466 e. The number of ether oxygens (including phenoxy) is 1. The highest BCUT2D eigenvalue weighted by molar-refractivity contribution is 5.76. The van der Waals surface area contributed by atoms with Crippen molar-refractivity contribution in [2.24, 2.45) is 0 Å². The predicted molar refractivity (Wildman–Crippen MR) is 343 cm³/mol. The Kier molecular flexibility index (Phi) is 65.9. The minimum Gasteiger partial charge on any atom is -0.466 e. The van der Waals surface area contributed by atoms with Gasteiger partial charge in [0.2, 0.25) is 5.91 Å². The summed E-state index contributed by atoms with van der Waals surface area (Å²) in [5, 5.41) is 23.3. The number of unbranched alkanes of at least 4 members (excludes halogenated alkanes) is 49. The van der Waals surface area contributed by atoms with E-state index in [0.717, 1.165) is 51.4 Å². The second-order valence-corrected chi connectivity index (χ2v) is 24.2. The molecule has 6 heteroatoms. The van der Waals surface area contributed by atoms with Crippen molar-refractivity contribution in [2.75, 3.05) is 13.2 Å². The van der Waals surface area contributed by atoms with Crippen LogP contribution in [0.4, 0.5) is 0 Å². The van der Waals surface area contributed by atoms with Gasteiger partial charge in [-0.3, -0.25) is 9.59 Å². The number of aliphatic hydroxyl groups excluding tert-OH is 2. The van der Waals surface area contributed by atoms with E-state index in [-0.39, 0.29) is 18.5 Å². The van der Waals surface area contributed by atoms with Crippen molar-refractivity contribution >= 4 is 11.9 Å². The lowest BCUT2D eigenvalue weighted by atomic mass is 10.0. The highest BCUT2D eigenvalue weighted by Crippen LogP contribution is 2.18. The van der Waals surface area contributed by atoms with Gasteiger partial charge in [0.25, 0.3) is 0 Å². The quantitative estimate of drug-likeness (QED) is 0.0320. The summed E-state index contributed by atoms with van der Waals surface area (Å²) in [7, 11) is 0. The molecule has 460 valence electrons. The molecule has 0 aliphatic heterocycles. The van der Waals surface area contributed by atoms with E-state index in [4.69, 9.17) is 4.74 Å². The van der Waals surface area contributed by atoms with Crippen molar-refractivity contribution in [2.45, 2.75) is 398 Å². The average molecular weight is 1100 g/mol. The third kappa shape index (κ3) is 63.3. The Balaban J connectivity index is 3.35. The molecule has 0 heterocycles. The monoisotopic (exact) mass is 1100 g/mol. The molecular weight excluding hydrogens is 959 g/mol. The molecule has 0 bridgehead atoms. The molecule has 0 aromatic carbocycles. The number of nitrogens with one attached hydrogen (secondary N) is 1. The number of carbonyl (C=O) groups excluding carboxylic acids is 2. The van der Waals surface area contributed by atoms with E-state index >= 15 is 0 Å². The third-order valence-corrected chi connectivity index (χ3v) is 16.4. The van der Waals surface area contributed by atoms with E-state index < -0.39 is 12.1 Å². The molecule has 0 saturated heterocycles. The molecule has 78 heavy (non-hydrogen) atoms. The van der Waals surface area contributed by atoms with Crippen molar-refractivity contribution < 1.29 is 24.5 Å². The van der Waals surface area contributed by atoms with Crippen LogP contribution in [0.25, 0.3) is 0 Å². The zero-order chi connectivity index (χ0) is 56.4. The average Bonchev–Trinajstić information content (AvgIpc) is 3.44. The van der Waals surface area contributed by atoms with Gasteiger partial charge in [0.05, 0.1) is 25.4 Å². The highest BCUT2D eigenvalue weighted by atomic mass is 16.5. The first-order chi connectivity index (χ1) is 38.5.